The van der Waals surface area contributed by atoms with Gasteiger partial charge >= 0.3 is 0 Å². The maximum Gasteiger partial charge on any atom is 0.133 e. The zero-order valence-electron chi connectivity index (χ0n) is 23.4. The van der Waals surface area contributed by atoms with Crippen LogP contribution in [0.2, 0.25) is 15.1 Å². The average molecular weight is 598 g/mol. The first-order chi connectivity index (χ1) is 19.4. The zero-order chi connectivity index (χ0) is 27.8. The summed E-state index contributed by atoms with van der Waals surface area (Å²) in [6, 6.07) is 13.2. The lowest BCUT2D eigenvalue weighted by atomic mass is 9.51. The van der Waals surface area contributed by atoms with E-state index in [9.17, 15) is 4.79 Å². The van der Waals surface area contributed by atoms with Crippen LogP contribution in [-0.2, 0) is 11.2 Å². The topological polar surface area (TPSA) is 34.9 Å². The van der Waals surface area contributed by atoms with Crippen molar-refractivity contribution in [2.45, 2.75) is 84.0 Å². The van der Waals surface area contributed by atoms with Gasteiger partial charge in [0.1, 0.15) is 5.78 Å². The number of unbranched alkanes of at least 4 members (excludes halogenated alkanes) is 2. The summed E-state index contributed by atoms with van der Waals surface area (Å²) in [4.78, 5) is 12.9. The molecule has 0 spiro atoms. The van der Waals surface area contributed by atoms with E-state index in [1.807, 2.05) is 41.1 Å². The fraction of sp³-hybridized carbons (Fsp3) is 0.529. The molecule has 6 heteroatoms. The van der Waals surface area contributed by atoms with Crippen LogP contribution in [0.4, 0.5) is 0 Å². The van der Waals surface area contributed by atoms with E-state index in [1.165, 1.54) is 51.4 Å². The van der Waals surface area contributed by atoms with Gasteiger partial charge in [0.2, 0.25) is 0 Å². The average Bonchev–Trinajstić information content (AvgIpc) is 3.24. The summed E-state index contributed by atoms with van der Waals surface area (Å²) in [5.74, 6) is 5.45. The zero-order valence-corrected chi connectivity index (χ0v) is 25.6. The summed E-state index contributed by atoms with van der Waals surface area (Å²) in [7, 11) is 0. The summed E-state index contributed by atoms with van der Waals surface area (Å²) in [5, 5.41) is 6.73. The maximum atomic E-state index is 12.9. The second-order valence-corrected chi connectivity index (χ2v) is 13.9. The van der Waals surface area contributed by atoms with Crippen LogP contribution in [0.25, 0.3) is 16.9 Å². The third-order valence-electron chi connectivity index (χ3n) is 10.0. The summed E-state index contributed by atoms with van der Waals surface area (Å²) < 4.78 is 1.88. The van der Waals surface area contributed by atoms with Crippen molar-refractivity contribution < 1.29 is 4.79 Å². The first-order valence-electron chi connectivity index (χ1n) is 15.2. The highest BCUT2D eigenvalue weighted by atomic mass is 35.5. The quantitative estimate of drug-likeness (QED) is 0.206. The number of Topliss-reactive ketones (excluding diaryl/α,β-unsaturated/α-hetero) is 1. The number of rotatable bonds is 11. The molecule has 4 aliphatic carbocycles. The Morgan fingerprint density at radius 3 is 2.20 bits per heavy atom. The number of carbonyl (C=O) groups excluding carboxylic acids is 1. The lowest BCUT2D eigenvalue weighted by molar-refractivity contribution is -0.119. The minimum atomic E-state index is 0.334. The van der Waals surface area contributed by atoms with Crippen molar-refractivity contribution in [2.24, 2.45) is 29.6 Å². The lowest BCUT2D eigenvalue weighted by Crippen LogP contribution is -2.44. The van der Waals surface area contributed by atoms with Gasteiger partial charge in [0.25, 0.3) is 0 Å². The number of hydrogen-bond acceptors (Lipinski definition) is 2. The van der Waals surface area contributed by atoms with Gasteiger partial charge in [-0.1, -0.05) is 59.8 Å². The van der Waals surface area contributed by atoms with Gasteiger partial charge in [0, 0.05) is 28.5 Å². The van der Waals surface area contributed by atoms with Gasteiger partial charge in [-0.15, -0.1) is 0 Å². The normalized spacial score (nSPS) is 25.1. The van der Waals surface area contributed by atoms with Crippen LogP contribution in [0, 0.1) is 36.5 Å². The molecular weight excluding hydrogens is 559 g/mol. The Bertz CT molecular complexity index is 1330. The van der Waals surface area contributed by atoms with Crippen molar-refractivity contribution in [1.82, 2.24) is 9.78 Å². The predicted molar refractivity (Wildman–Crippen MR) is 166 cm³/mol. The number of hydrogen-bond donors (Lipinski definition) is 0. The predicted octanol–water partition coefficient (Wildman–Crippen LogP) is 10.3. The Balaban J connectivity index is 1.05. The van der Waals surface area contributed by atoms with Crippen molar-refractivity contribution in [3.63, 3.8) is 0 Å². The van der Waals surface area contributed by atoms with E-state index in [0.717, 1.165) is 64.2 Å². The molecule has 2 aromatic carbocycles. The molecule has 1 aromatic heterocycles. The molecule has 3 aromatic rings. The highest BCUT2D eigenvalue weighted by Gasteiger charge is 2.47. The molecule has 0 radical (unpaired) electrons. The number of ketones is 1. The Morgan fingerprint density at radius 1 is 0.850 bits per heavy atom. The van der Waals surface area contributed by atoms with Gasteiger partial charge in [-0.05, 0) is 124 Å². The standard InChI is InChI=1S/C34H39Cl3N2O/c1-21-32(38-39(33-14-11-28(36)20-31(33)37)34(21)24-7-9-27(35)10-8-24)13-12-29(40)5-3-2-4-6-30-25-16-22-15-23(18-25)19-26(30)17-22/h7-11,14,20,22-23,25-26,30H,2-6,12-13,15-19H2,1H3. The first kappa shape index (κ1) is 28.3. The molecular formula is C34H39Cl3N2O. The van der Waals surface area contributed by atoms with Crippen LogP contribution in [0.5, 0.6) is 0 Å². The van der Waals surface area contributed by atoms with Crippen molar-refractivity contribution >= 4 is 40.6 Å². The van der Waals surface area contributed by atoms with Crippen LogP contribution in [0.3, 0.4) is 0 Å². The second-order valence-electron chi connectivity index (χ2n) is 12.7. The molecule has 4 aliphatic rings. The minimum absolute atomic E-state index is 0.334. The van der Waals surface area contributed by atoms with E-state index >= 15 is 0 Å². The van der Waals surface area contributed by atoms with E-state index in [4.69, 9.17) is 39.9 Å². The smallest absolute Gasteiger partial charge is 0.133 e. The molecule has 4 bridgehead atoms. The lowest BCUT2D eigenvalue weighted by Gasteiger charge is -2.54. The van der Waals surface area contributed by atoms with Crippen LogP contribution >= 0.6 is 34.8 Å². The third-order valence-corrected chi connectivity index (χ3v) is 10.8. The number of aryl methyl sites for hydroxylation is 1. The van der Waals surface area contributed by atoms with E-state index < -0.39 is 0 Å². The highest BCUT2D eigenvalue weighted by molar-refractivity contribution is 6.35. The van der Waals surface area contributed by atoms with Gasteiger partial charge in [-0.2, -0.15) is 5.10 Å². The van der Waals surface area contributed by atoms with Crippen molar-refractivity contribution in [2.75, 3.05) is 0 Å². The fourth-order valence-electron chi connectivity index (χ4n) is 8.32. The Morgan fingerprint density at radius 2 is 1.52 bits per heavy atom. The monoisotopic (exact) mass is 596 g/mol. The van der Waals surface area contributed by atoms with Crippen LogP contribution < -0.4 is 0 Å². The number of aromatic nitrogens is 2. The maximum absolute atomic E-state index is 12.9. The van der Waals surface area contributed by atoms with Gasteiger partial charge in [0.05, 0.1) is 22.1 Å². The number of halogens is 3. The van der Waals surface area contributed by atoms with E-state index in [-0.39, 0.29) is 0 Å². The molecule has 212 valence electrons. The number of nitrogens with zero attached hydrogens (tertiary/aromatic N) is 2. The first-order valence-corrected chi connectivity index (χ1v) is 16.3. The van der Waals surface area contributed by atoms with Crippen LogP contribution in [0.1, 0.15) is 81.9 Å². The molecule has 3 nitrogen and oxygen atoms in total. The van der Waals surface area contributed by atoms with Gasteiger partial charge in [-0.25, -0.2) is 4.68 Å². The molecule has 0 amide bonds. The van der Waals surface area contributed by atoms with Gasteiger partial charge < -0.3 is 0 Å². The van der Waals surface area contributed by atoms with E-state index in [2.05, 4.69) is 6.92 Å². The molecule has 0 atom stereocenters. The van der Waals surface area contributed by atoms with Crippen molar-refractivity contribution in [1.29, 1.82) is 0 Å². The molecule has 7 rings (SSSR count). The largest absolute Gasteiger partial charge is 0.300 e. The Kier molecular flexibility index (Phi) is 8.64. The Hall–Kier alpha value is -1.81. The summed E-state index contributed by atoms with van der Waals surface area (Å²) in [6.45, 7) is 2.07. The van der Waals surface area contributed by atoms with E-state index in [1.54, 1.807) is 6.07 Å². The van der Waals surface area contributed by atoms with Crippen molar-refractivity contribution in [3.8, 4) is 16.9 Å². The molecule has 40 heavy (non-hydrogen) atoms. The van der Waals surface area contributed by atoms with Gasteiger partial charge in [0.15, 0.2) is 0 Å². The van der Waals surface area contributed by atoms with Crippen LogP contribution in [-0.4, -0.2) is 15.6 Å². The number of benzene rings is 2. The molecule has 1 heterocycles. The third kappa shape index (κ3) is 6.03. The summed E-state index contributed by atoms with van der Waals surface area (Å²) >= 11 is 18.9. The molecule has 4 saturated carbocycles. The van der Waals surface area contributed by atoms with Crippen LogP contribution in [0.15, 0.2) is 42.5 Å². The fourth-order valence-corrected chi connectivity index (χ4v) is 8.94. The highest BCUT2D eigenvalue weighted by Crippen LogP contribution is 2.57. The molecule has 0 aliphatic heterocycles. The molecule has 0 unspecified atom stereocenters. The minimum Gasteiger partial charge on any atom is -0.300 e. The van der Waals surface area contributed by atoms with Crippen molar-refractivity contribution in [3.05, 3.63) is 68.8 Å². The second kappa shape index (κ2) is 12.2. The number of carbonyl (C=O) groups is 1. The molecule has 4 fully saturated rings. The summed E-state index contributed by atoms with van der Waals surface area (Å²) in [5.41, 5.74) is 4.68. The van der Waals surface area contributed by atoms with Gasteiger partial charge in [-0.3, -0.25) is 4.79 Å². The molecule has 0 N–H and O–H groups in total. The van der Waals surface area contributed by atoms with E-state index in [0.29, 0.717) is 40.1 Å². The Labute approximate surface area is 253 Å². The SMILES string of the molecule is Cc1c(CCC(=O)CCCCCC2C3CC4CC(C3)CC2C4)nn(-c2ccc(Cl)cc2Cl)c1-c1ccc(Cl)cc1. The molecule has 0 saturated heterocycles. The summed E-state index contributed by atoms with van der Waals surface area (Å²) in [6.07, 6.45) is 14.2.